The Labute approximate surface area is 197 Å². The predicted molar refractivity (Wildman–Crippen MR) is 132 cm³/mol. The van der Waals surface area contributed by atoms with E-state index >= 15 is 0 Å². The fourth-order valence-electron chi connectivity index (χ4n) is 4.75. The SMILES string of the molecule is CSc1nc2c(c(N3CCN[C@@H](CC#N)C3)n1)CCN(c1cccc3cccc(Cl)c13)C2. The van der Waals surface area contributed by atoms with E-state index in [0.717, 1.165) is 77.3 Å². The molecular formula is C24H25ClN6S. The monoisotopic (exact) mass is 464 g/mol. The number of piperazine rings is 1. The van der Waals surface area contributed by atoms with Crippen molar-refractivity contribution in [2.45, 2.75) is 30.6 Å². The van der Waals surface area contributed by atoms with Crippen molar-refractivity contribution in [2.75, 3.05) is 42.2 Å². The number of rotatable bonds is 4. The first kappa shape index (κ1) is 21.3. The summed E-state index contributed by atoms with van der Waals surface area (Å²) < 4.78 is 0. The molecule has 32 heavy (non-hydrogen) atoms. The number of aromatic nitrogens is 2. The first-order valence-corrected chi connectivity index (χ1v) is 12.5. The minimum atomic E-state index is 0.176. The highest BCUT2D eigenvalue weighted by Gasteiger charge is 2.28. The summed E-state index contributed by atoms with van der Waals surface area (Å²) in [4.78, 5) is 14.5. The number of nitriles is 1. The highest BCUT2D eigenvalue weighted by molar-refractivity contribution is 7.98. The maximum atomic E-state index is 9.13. The van der Waals surface area contributed by atoms with Gasteiger partial charge in [0.15, 0.2) is 5.16 Å². The molecule has 0 amide bonds. The largest absolute Gasteiger partial charge is 0.365 e. The van der Waals surface area contributed by atoms with Crippen LogP contribution in [0.4, 0.5) is 11.5 Å². The predicted octanol–water partition coefficient (Wildman–Crippen LogP) is 4.26. The first-order chi connectivity index (χ1) is 15.7. The van der Waals surface area contributed by atoms with Crippen LogP contribution in [0, 0.1) is 11.3 Å². The van der Waals surface area contributed by atoms with Gasteiger partial charge in [-0.2, -0.15) is 5.26 Å². The van der Waals surface area contributed by atoms with Crippen LogP contribution in [0.5, 0.6) is 0 Å². The summed E-state index contributed by atoms with van der Waals surface area (Å²) >= 11 is 8.18. The summed E-state index contributed by atoms with van der Waals surface area (Å²) in [6, 6.07) is 14.9. The molecule has 2 aliphatic heterocycles. The maximum absolute atomic E-state index is 9.13. The smallest absolute Gasteiger partial charge is 0.189 e. The average Bonchev–Trinajstić information content (AvgIpc) is 2.83. The van der Waals surface area contributed by atoms with Gasteiger partial charge in [-0.15, -0.1) is 0 Å². The van der Waals surface area contributed by atoms with Crippen LogP contribution in [0.15, 0.2) is 41.6 Å². The second-order valence-corrected chi connectivity index (χ2v) is 9.39. The zero-order valence-electron chi connectivity index (χ0n) is 18.0. The molecule has 164 valence electrons. The van der Waals surface area contributed by atoms with Gasteiger partial charge in [0.2, 0.25) is 0 Å². The quantitative estimate of drug-likeness (QED) is 0.457. The minimum Gasteiger partial charge on any atom is -0.365 e. The molecule has 0 spiro atoms. The summed E-state index contributed by atoms with van der Waals surface area (Å²) in [5.41, 5.74) is 3.48. The Hall–Kier alpha value is -2.53. The molecule has 3 aromatic rings. The summed E-state index contributed by atoms with van der Waals surface area (Å²) in [7, 11) is 0. The molecule has 2 aliphatic rings. The summed E-state index contributed by atoms with van der Waals surface area (Å²) in [6.45, 7) is 4.17. The van der Waals surface area contributed by atoms with Crippen molar-refractivity contribution in [1.29, 1.82) is 5.26 Å². The third-order valence-corrected chi connectivity index (χ3v) is 7.13. The van der Waals surface area contributed by atoms with Crippen LogP contribution in [0.2, 0.25) is 5.02 Å². The Bertz CT molecular complexity index is 1190. The topological polar surface area (TPSA) is 68.1 Å². The number of benzene rings is 2. The van der Waals surface area contributed by atoms with Gasteiger partial charge in [-0.25, -0.2) is 9.97 Å². The molecule has 1 fully saturated rings. The Morgan fingerprint density at radius 3 is 2.84 bits per heavy atom. The number of nitrogens with zero attached hydrogens (tertiary/aromatic N) is 5. The molecule has 3 heterocycles. The lowest BCUT2D eigenvalue weighted by Crippen LogP contribution is -2.51. The van der Waals surface area contributed by atoms with Gasteiger partial charge in [0.05, 0.1) is 29.8 Å². The molecule has 1 saturated heterocycles. The summed E-state index contributed by atoms with van der Waals surface area (Å²) in [6.07, 6.45) is 3.41. The van der Waals surface area contributed by atoms with Crippen LogP contribution in [-0.2, 0) is 13.0 Å². The number of thioether (sulfide) groups is 1. The number of hydrogen-bond acceptors (Lipinski definition) is 7. The van der Waals surface area contributed by atoms with Crippen LogP contribution in [0.1, 0.15) is 17.7 Å². The van der Waals surface area contributed by atoms with E-state index in [1.54, 1.807) is 11.8 Å². The third-order valence-electron chi connectivity index (χ3n) is 6.27. The van der Waals surface area contributed by atoms with E-state index in [0.29, 0.717) is 6.42 Å². The highest BCUT2D eigenvalue weighted by atomic mass is 35.5. The Kier molecular flexibility index (Phi) is 6.09. The molecule has 6 nitrogen and oxygen atoms in total. The van der Waals surface area contributed by atoms with E-state index in [-0.39, 0.29) is 6.04 Å². The van der Waals surface area contributed by atoms with Crippen LogP contribution in [0.3, 0.4) is 0 Å². The van der Waals surface area contributed by atoms with E-state index in [4.69, 9.17) is 26.8 Å². The van der Waals surface area contributed by atoms with Gasteiger partial charge in [-0.1, -0.05) is 47.6 Å². The van der Waals surface area contributed by atoms with Gasteiger partial charge in [0, 0.05) is 48.9 Å². The zero-order chi connectivity index (χ0) is 22.1. The Morgan fingerprint density at radius 2 is 2.03 bits per heavy atom. The number of anilines is 2. The van der Waals surface area contributed by atoms with Crippen LogP contribution in [-0.4, -0.2) is 48.4 Å². The molecule has 0 unspecified atom stereocenters. The van der Waals surface area contributed by atoms with E-state index in [1.165, 1.54) is 5.56 Å². The summed E-state index contributed by atoms with van der Waals surface area (Å²) in [5.74, 6) is 1.04. The lowest BCUT2D eigenvalue weighted by atomic mass is 10.0. The van der Waals surface area contributed by atoms with Gasteiger partial charge in [0.25, 0.3) is 0 Å². The second kappa shape index (κ2) is 9.14. The second-order valence-electron chi connectivity index (χ2n) is 8.21. The zero-order valence-corrected chi connectivity index (χ0v) is 19.6. The highest BCUT2D eigenvalue weighted by Crippen LogP contribution is 2.37. The fraction of sp³-hybridized carbons (Fsp3) is 0.375. The molecule has 5 rings (SSSR count). The molecule has 0 bridgehead atoms. The lowest BCUT2D eigenvalue weighted by molar-refractivity contribution is 0.458. The van der Waals surface area contributed by atoms with E-state index < -0.39 is 0 Å². The van der Waals surface area contributed by atoms with Gasteiger partial charge >= 0.3 is 0 Å². The number of fused-ring (bicyclic) bond motifs is 2. The van der Waals surface area contributed by atoms with Gasteiger partial charge < -0.3 is 15.1 Å². The molecule has 1 N–H and O–H groups in total. The molecule has 0 radical (unpaired) electrons. The normalized spacial score (nSPS) is 18.5. The molecule has 0 aliphatic carbocycles. The lowest BCUT2D eigenvalue weighted by Gasteiger charge is -2.37. The molecular weight excluding hydrogens is 440 g/mol. The van der Waals surface area contributed by atoms with E-state index in [2.05, 4.69) is 45.5 Å². The maximum Gasteiger partial charge on any atom is 0.189 e. The molecule has 2 aromatic carbocycles. The third kappa shape index (κ3) is 3.99. The van der Waals surface area contributed by atoms with Crippen LogP contribution >= 0.6 is 23.4 Å². The number of hydrogen-bond donors (Lipinski definition) is 1. The van der Waals surface area contributed by atoms with Crippen LogP contribution in [0.25, 0.3) is 10.8 Å². The fourth-order valence-corrected chi connectivity index (χ4v) is 5.41. The van der Waals surface area contributed by atoms with Crippen molar-refractivity contribution < 1.29 is 0 Å². The summed E-state index contributed by atoms with van der Waals surface area (Å²) in [5, 5.41) is 16.4. The Balaban J connectivity index is 1.51. The first-order valence-electron chi connectivity index (χ1n) is 10.9. The van der Waals surface area contributed by atoms with Gasteiger partial charge in [-0.05, 0) is 30.2 Å². The van der Waals surface area contributed by atoms with E-state index in [9.17, 15) is 0 Å². The minimum absolute atomic E-state index is 0.176. The van der Waals surface area contributed by atoms with Gasteiger partial charge in [-0.3, -0.25) is 0 Å². The van der Waals surface area contributed by atoms with Crippen molar-refractivity contribution in [3.05, 3.63) is 52.7 Å². The van der Waals surface area contributed by atoms with Crippen molar-refractivity contribution >= 4 is 45.6 Å². The molecule has 0 saturated carbocycles. The van der Waals surface area contributed by atoms with Crippen LogP contribution < -0.4 is 15.1 Å². The Morgan fingerprint density at radius 1 is 1.19 bits per heavy atom. The van der Waals surface area contributed by atoms with E-state index in [1.807, 2.05) is 18.4 Å². The number of halogens is 1. The average molecular weight is 465 g/mol. The van der Waals surface area contributed by atoms with Crippen molar-refractivity contribution in [1.82, 2.24) is 15.3 Å². The van der Waals surface area contributed by atoms with Crippen molar-refractivity contribution in [2.24, 2.45) is 0 Å². The molecule has 1 aromatic heterocycles. The molecule has 1 atom stereocenters. The van der Waals surface area contributed by atoms with Crippen molar-refractivity contribution in [3.63, 3.8) is 0 Å². The number of nitrogens with one attached hydrogen (secondary N) is 1. The standard InChI is InChI=1S/C24H25ClN6S/c1-32-24-28-20-15-30(21-7-3-5-16-4-2-6-19(25)22(16)21)12-9-18(20)23(29-24)31-13-11-27-17(14-31)8-10-26/h2-7,17,27H,8-9,11-15H2,1H3/t17-/m0/s1. The van der Waals surface area contributed by atoms with Gasteiger partial charge in [0.1, 0.15) is 5.82 Å². The molecule has 8 heteroatoms. The van der Waals surface area contributed by atoms with Crippen molar-refractivity contribution in [3.8, 4) is 6.07 Å².